The first-order chi connectivity index (χ1) is 12.3. The van der Waals surface area contributed by atoms with Crippen molar-refractivity contribution in [3.8, 4) is 11.3 Å². The standard InChI is InChI=1S/C21H17N2OP/c24-25(17-9-3-1-4-10-17,18-11-5-2-6-12-18)21-14-8-7-13-19(21)20-15-16-22-23-20/h1-16H,(H,22,23). The molecule has 122 valence electrons. The van der Waals surface area contributed by atoms with Crippen LogP contribution in [-0.2, 0) is 4.57 Å². The van der Waals surface area contributed by atoms with Crippen LogP contribution in [0, 0.1) is 0 Å². The highest BCUT2D eigenvalue weighted by molar-refractivity contribution is 7.85. The summed E-state index contributed by atoms with van der Waals surface area (Å²) in [6, 6.07) is 29.1. The Morgan fingerprint density at radius 3 is 1.80 bits per heavy atom. The van der Waals surface area contributed by atoms with Crippen molar-refractivity contribution < 1.29 is 4.57 Å². The molecule has 1 aromatic heterocycles. The average Bonchev–Trinajstić information content (AvgIpc) is 3.23. The predicted octanol–water partition coefficient (Wildman–Crippen LogP) is 3.72. The molecule has 0 unspecified atom stereocenters. The quantitative estimate of drug-likeness (QED) is 0.574. The second kappa shape index (κ2) is 6.54. The molecule has 0 saturated heterocycles. The van der Waals surface area contributed by atoms with E-state index in [0.717, 1.165) is 27.2 Å². The largest absolute Gasteiger partial charge is 0.309 e. The molecule has 3 nitrogen and oxygen atoms in total. The second-order valence-electron chi connectivity index (χ2n) is 5.77. The van der Waals surface area contributed by atoms with Gasteiger partial charge in [0.1, 0.15) is 0 Å². The minimum Gasteiger partial charge on any atom is -0.309 e. The Bertz CT molecular complexity index is 969. The van der Waals surface area contributed by atoms with Gasteiger partial charge in [0.25, 0.3) is 0 Å². The number of hydrogen-bond acceptors (Lipinski definition) is 2. The molecular weight excluding hydrogens is 327 g/mol. The second-order valence-corrected chi connectivity index (χ2v) is 8.50. The molecule has 0 spiro atoms. The zero-order chi connectivity index (χ0) is 17.1. The molecule has 0 aliphatic carbocycles. The normalized spacial score (nSPS) is 11.4. The lowest BCUT2D eigenvalue weighted by Gasteiger charge is -2.22. The van der Waals surface area contributed by atoms with Crippen molar-refractivity contribution in [3.05, 3.63) is 97.2 Å². The van der Waals surface area contributed by atoms with Crippen molar-refractivity contribution in [1.82, 2.24) is 10.2 Å². The summed E-state index contributed by atoms with van der Waals surface area (Å²) < 4.78 is 14.5. The summed E-state index contributed by atoms with van der Waals surface area (Å²) in [5, 5.41) is 9.52. The average molecular weight is 344 g/mol. The SMILES string of the molecule is O=P(c1ccccc1)(c1ccccc1)c1ccccc1-c1ccn[nH]1. The van der Waals surface area contributed by atoms with Gasteiger partial charge in [-0.05, 0) is 6.07 Å². The monoisotopic (exact) mass is 344 g/mol. The van der Waals surface area contributed by atoms with Gasteiger partial charge in [0.2, 0.25) is 0 Å². The molecule has 0 radical (unpaired) electrons. The van der Waals surface area contributed by atoms with Crippen LogP contribution < -0.4 is 15.9 Å². The number of rotatable bonds is 4. The maximum Gasteiger partial charge on any atom is 0.171 e. The number of nitrogens with one attached hydrogen (secondary N) is 1. The molecule has 0 bridgehead atoms. The van der Waals surface area contributed by atoms with Gasteiger partial charge in [-0.2, -0.15) is 5.10 Å². The van der Waals surface area contributed by atoms with Crippen molar-refractivity contribution in [3.63, 3.8) is 0 Å². The maximum absolute atomic E-state index is 14.5. The third-order valence-electron chi connectivity index (χ3n) is 4.27. The first-order valence-corrected chi connectivity index (χ1v) is 9.81. The maximum atomic E-state index is 14.5. The van der Waals surface area contributed by atoms with Crippen LogP contribution in [0.15, 0.2) is 97.2 Å². The van der Waals surface area contributed by atoms with Gasteiger partial charge in [-0.1, -0.05) is 84.9 Å². The summed E-state index contributed by atoms with van der Waals surface area (Å²) in [5.41, 5.74) is 1.78. The summed E-state index contributed by atoms with van der Waals surface area (Å²) in [5.74, 6) is 0. The number of aromatic amines is 1. The molecule has 0 amide bonds. The van der Waals surface area contributed by atoms with Gasteiger partial charge in [0.15, 0.2) is 7.14 Å². The van der Waals surface area contributed by atoms with E-state index in [0.29, 0.717) is 0 Å². The predicted molar refractivity (Wildman–Crippen MR) is 103 cm³/mol. The molecule has 25 heavy (non-hydrogen) atoms. The van der Waals surface area contributed by atoms with E-state index in [1.54, 1.807) is 6.20 Å². The number of nitrogens with zero attached hydrogens (tertiary/aromatic N) is 1. The first kappa shape index (κ1) is 15.6. The highest BCUT2D eigenvalue weighted by Gasteiger charge is 2.32. The van der Waals surface area contributed by atoms with Gasteiger partial charge >= 0.3 is 0 Å². The van der Waals surface area contributed by atoms with E-state index in [1.807, 2.05) is 91.0 Å². The zero-order valence-corrected chi connectivity index (χ0v) is 14.4. The molecular formula is C21H17N2OP. The first-order valence-electron chi connectivity index (χ1n) is 8.11. The van der Waals surface area contributed by atoms with Gasteiger partial charge in [0.05, 0.1) is 5.69 Å². The third kappa shape index (κ3) is 2.73. The van der Waals surface area contributed by atoms with Crippen molar-refractivity contribution >= 4 is 23.1 Å². The molecule has 0 saturated carbocycles. The number of benzene rings is 3. The Hall–Kier alpha value is -2.90. The van der Waals surface area contributed by atoms with Crippen LogP contribution in [0.1, 0.15) is 0 Å². The summed E-state index contributed by atoms with van der Waals surface area (Å²) >= 11 is 0. The van der Waals surface area contributed by atoms with Gasteiger partial charge in [-0.3, -0.25) is 5.10 Å². The van der Waals surface area contributed by atoms with Crippen LogP contribution in [0.5, 0.6) is 0 Å². The van der Waals surface area contributed by atoms with Crippen LogP contribution in [0.3, 0.4) is 0 Å². The van der Waals surface area contributed by atoms with Crippen molar-refractivity contribution in [2.45, 2.75) is 0 Å². The van der Waals surface area contributed by atoms with Crippen molar-refractivity contribution in [1.29, 1.82) is 0 Å². The zero-order valence-electron chi connectivity index (χ0n) is 13.5. The summed E-state index contributed by atoms with van der Waals surface area (Å²) in [6.45, 7) is 0. The smallest absolute Gasteiger partial charge is 0.171 e. The van der Waals surface area contributed by atoms with E-state index in [-0.39, 0.29) is 0 Å². The molecule has 4 aromatic rings. The Balaban J connectivity index is 2.03. The van der Waals surface area contributed by atoms with Gasteiger partial charge in [-0.25, -0.2) is 0 Å². The Kier molecular flexibility index (Phi) is 4.09. The van der Waals surface area contributed by atoms with E-state index in [9.17, 15) is 4.57 Å². The fourth-order valence-electron chi connectivity index (χ4n) is 3.08. The fourth-order valence-corrected chi connectivity index (χ4v) is 5.95. The van der Waals surface area contributed by atoms with E-state index in [4.69, 9.17) is 0 Å². The van der Waals surface area contributed by atoms with Crippen LogP contribution in [0.2, 0.25) is 0 Å². The molecule has 4 heteroatoms. The van der Waals surface area contributed by atoms with E-state index >= 15 is 0 Å². The minimum atomic E-state index is -3.00. The lowest BCUT2D eigenvalue weighted by atomic mass is 10.1. The van der Waals surface area contributed by atoms with E-state index in [1.165, 1.54) is 0 Å². The highest BCUT2D eigenvalue weighted by Crippen LogP contribution is 2.44. The lowest BCUT2D eigenvalue weighted by Crippen LogP contribution is -2.26. The number of H-pyrrole nitrogens is 1. The van der Waals surface area contributed by atoms with E-state index < -0.39 is 7.14 Å². The van der Waals surface area contributed by atoms with Crippen molar-refractivity contribution in [2.24, 2.45) is 0 Å². The van der Waals surface area contributed by atoms with Gasteiger partial charge in [-0.15, -0.1) is 0 Å². The Labute approximate surface area is 146 Å². The Morgan fingerprint density at radius 1 is 0.680 bits per heavy atom. The summed E-state index contributed by atoms with van der Waals surface area (Å²) in [4.78, 5) is 0. The molecule has 1 N–H and O–H groups in total. The molecule has 0 aliphatic heterocycles. The third-order valence-corrected chi connectivity index (χ3v) is 7.39. The van der Waals surface area contributed by atoms with Gasteiger partial charge in [0, 0.05) is 27.7 Å². The van der Waals surface area contributed by atoms with Crippen LogP contribution >= 0.6 is 7.14 Å². The summed E-state index contributed by atoms with van der Waals surface area (Å²) in [6.07, 6.45) is 1.71. The van der Waals surface area contributed by atoms with Crippen LogP contribution in [0.25, 0.3) is 11.3 Å². The number of hydrogen-bond donors (Lipinski definition) is 1. The summed E-state index contributed by atoms with van der Waals surface area (Å²) in [7, 11) is -3.00. The molecule has 4 rings (SSSR count). The number of aromatic nitrogens is 2. The van der Waals surface area contributed by atoms with Crippen LogP contribution in [-0.4, -0.2) is 10.2 Å². The molecule has 0 aliphatic rings. The van der Waals surface area contributed by atoms with Crippen LogP contribution in [0.4, 0.5) is 0 Å². The minimum absolute atomic E-state index is 0.816. The topological polar surface area (TPSA) is 45.8 Å². The van der Waals surface area contributed by atoms with Crippen molar-refractivity contribution in [2.75, 3.05) is 0 Å². The fraction of sp³-hybridized carbons (Fsp3) is 0. The molecule has 1 heterocycles. The highest BCUT2D eigenvalue weighted by atomic mass is 31.2. The Morgan fingerprint density at radius 2 is 1.24 bits per heavy atom. The van der Waals surface area contributed by atoms with E-state index in [2.05, 4.69) is 10.2 Å². The lowest BCUT2D eigenvalue weighted by molar-refractivity contribution is 0.592. The molecule has 3 aromatic carbocycles. The molecule has 0 atom stereocenters. The molecule has 0 fully saturated rings. The van der Waals surface area contributed by atoms with Gasteiger partial charge < -0.3 is 4.57 Å².